The van der Waals surface area contributed by atoms with Gasteiger partial charge in [-0.15, -0.1) is 0 Å². The largest absolute Gasteiger partial charge is 0.497 e. The molecule has 2 amide bonds. The summed E-state index contributed by atoms with van der Waals surface area (Å²) in [7, 11) is 4.59. The van der Waals surface area contributed by atoms with Crippen molar-refractivity contribution in [1.29, 1.82) is 0 Å². The van der Waals surface area contributed by atoms with E-state index in [4.69, 9.17) is 14.2 Å². The fraction of sp³-hybridized carbons (Fsp3) is 0.190. The molecule has 152 valence electrons. The molecule has 0 radical (unpaired) electrons. The third-order valence-corrected chi connectivity index (χ3v) is 3.79. The summed E-state index contributed by atoms with van der Waals surface area (Å²) in [6, 6.07) is 11.5. The first-order chi connectivity index (χ1) is 13.9. The molecular weight excluding hydrogens is 376 g/mol. The number of hydrogen-bond acceptors (Lipinski definition) is 6. The fourth-order valence-electron chi connectivity index (χ4n) is 2.32. The van der Waals surface area contributed by atoms with Crippen LogP contribution in [-0.2, 0) is 14.3 Å². The Morgan fingerprint density at radius 3 is 2.14 bits per heavy atom. The van der Waals surface area contributed by atoms with Crippen molar-refractivity contribution < 1.29 is 28.6 Å². The number of anilines is 1. The van der Waals surface area contributed by atoms with E-state index in [1.54, 1.807) is 42.5 Å². The number of benzene rings is 2. The van der Waals surface area contributed by atoms with Crippen molar-refractivity contribution in [2.45, 2.75) is 0 Å². The van der Waals surface area contributed by atoms with Gasteiger partial charge in [-0.2, -0.15) is 0 Å². The molecule has 2 N–H and O–H groups in total. The number of carbonyl (C=O) groups is 3. The lowest BCUT2D eigenvalue weighted by atomic mass is 10.2. The van der Waals surface area contributed by atoms with E-state index in [-0.39, 0.29) is 5.91 Å². The minimum atomic E-state index is -0.670. The first kappa shape index (κ1) is 21.5. The van der Waals surface area contributed by atoms with Crippen LogP contribution in [0.3, 0.4) is 0 Å². The smallest absolute Gasteiger partial charge is 0.331 e. The third-order valence-electron chi connectivity index (χ3n) is 3.79. The SMILES string of the molecule is CNC(=O)c1ccc(NC(=O)COC(=O)/C=C/c2cc(OC)cc(OC)c2)cc1. The number of ether oxygens (including phenoxy) is 3. The summed E-state index contributed by atoms with van der Waals surface area (Å²) >= 11 is 0. The molecule has 2 aromatic rings. The molecule has 0 unspecified atom stereocenters. The second-order valence-corrected chi connectivity index (χ2v) is 5.79. The zero-order valence-corrected chi connectivity index (χ0v) is 16.4. The molecule has 0 aliphatic carbocycles. The van der Waals surface area contributed by atoms with Crippen molar-refractivity contribution in [3.8, 4) is 11.5 Å². The van der Waals surface area contributed by atoms with E-state index in [2.05, 4.69) is 10.6 Å². The van der Waals surface area contributed by atoms with Gasteiger partial charge in [0.05, 0.1) is 14.2 Å². The van der Waals surface area contributed by atoms with E-state index < -0.39 is 18.5 Å². The molecule has 0 atom stereocenters. The van der Waals surface area contributed by atoms with Gasteiger partial charge in [-0.1, -0.05) is 0 Å². The topological polar surface area (TPSA) is 103 Å². The monoisotopic (exact) mass is 398 g/mol. The number of carbonyl (C=O) groups excluding carboxylic acids is 3. The Kier molecular flexibility index (Phi) is 7.78. The Morgan fingerprint density at radius 2 is 1.59 bits per heavy atom. The Bertz CT molecular complexity index is 884. The predicted octanol–water partition coefficient (Wildman–Crippen LogP) is 2.26. The van der Waals surface area contributed by atoms with Crippen molar-refractivity contribution in [2.75, 3.05) is 33.2 Å². The summed E-state index contributed by atoms with van der Waals surface area (Å²) in [6.45, 7) is -0.443. The highest BCUT2D eigenvalue weighted by Crippen LogP contribution is 2.23. The van der Waals surface area contributed by atoms with Gasteiger partial charge in [-0.25, -0.2) is 4.79 Å². The fourth-order valence-corrected chi connectivity index (χ4v) is 2.32. The molecule has 0 aliphatic rings. The van der Waals surface area contributed by atoms with Gasteiger partial charge in [0.1, 0.15) is 11.5 Å². The van der Waals surface area contributed by atoms with Crippen LogP contribution >= 0.6 is 0 Å². The highest BCUT2D eigenvalue weighted by atomic mass is 16.5. The molecule has 0 spiro atoms. The molecule has 8 nitrogen and oxygen atoms in total. The Balaban J connectivity index is 1.86. The van der Waals surface area contributed by atoms with Gasteiger partial charge in [0.2, 0.25) is 0 Å². The van der Waals surface area contributed by atoms with Crippen LogP contribution < -0.4 is 20.1 Å². The summed E-state index contributed by atoms with van der Waals surface area (Å²) in [5, 5.41) is 5.09. The van der Waals surface area contributed by atoms with Gasteiger partial charge in [0.15, 0.2) is 6.61 Å². The van der Waals surface area contributed by atoms with Crippen LogP contribution in [0.2, 0.25) is 0 Å². The zero-order valence-electron chi connectivity index (χ0n) is 16.4. The molecule has 0 aliphatic heterocycles. The van der Waals surface area contributed by atoms with E-state index in [1.807, 2.05) is 0 Å². The molecule has 29 heavy (non-hydrogen) atoms. The lowest BCUT2D eigenvalue weighted by molar-refractivity contribution is -0.142. The number of methoxy groups -OCH3 is 2. The number of esters is 1. The highest BCUT2D eigenvalue weighted by Gasteiger charge is 2.08. The van der Waals surface area contributed by atoms with E-state index in [1.165, 1.54) is 33.4 Å². The van der Waals surface area contributed by atoms with Crippen LogP contribution in [0.5, 0.6) is 11.5 Å². The van der Waals surface area contributed by atoms with Crippen LogP contribution in [0.25, 0.3) is 6.08 Å². The van der Waals surface area contributed by atoms with Gasteiger partial charge in [0, 0.05) is 30.4 Å². The Morgan fingerprint density at radius 1 is 0.966 bits per heavy atom. The average Bonchev–Trinajstić information content (AvgIpc) is 2.75. The standard InChI is InChI=1S/C21H22N2O6/c1-22-21(26)15-5-7-16(8-6-15)23-19(24)13-29-20(25)9-4-14-10-17(27-2)12-18(11-14)28-3/h4-12H,13H2,1-3H3,(H,22,26)(H,23,24)/b9-4+. The molecule has 0 bridgehead atoms. The average molecular weight is 398 g/mol. The van der Waals surface area contributed by atoms with E-state index in [0.717, 1.165) is 0 Å². The lowest BCUT2D eigenvalue weighted by Gasteiger charge is -2.07. The molecule has 0 saturated carbocycles. The van der Waals surface area contributed by atoms with E-state index in [0.29, 0.717) is 28.3 Å². The van der Waals surface area contributed by atoms with Gasteiger partial charge in [-0.3, -0.25) is 9.59 Å². The summed E-state index contributed by atoms with van der Waals surface area (Å²) in [6.07, 6.45) is 2.74. The summed E-state index contributed by atoms with van der Waals surface area (Å²) in [5.41, 5.74) is 1.63. The maximum Gasteiger partial charge on any atom is 0.331 e. The van der Waals surface area contributed by atoms with Gasteiger partial charge in [0.25, 0.3) is 11.8 Å². The minimum absolute atomic E-state index is 0.225. The van der Waals surface area contributed by atoms with E-state index >= 15 is 0 Å². The maximum atomic E-state index is 11.9. The van der Waals surface area contributed by atoms with Crippen molar-refractivity contribution in [1.82, 2.24) is 5.32 Å². The number of amides is 2. The minimum Gasteiger partial charge on any atom is -0.497 e. The zero-order chi connectivity index (χ0) is 21.2. The van der Waals surface area contributed by atoms with Crippen molar-refractivity contribution in [2.24, 2.45) is 0 Å². The second-order valence-electron chi connectivity index (χ2n) is 5.79. The molecular formula is C21H22N2O6. The normalized spacial score (nSPS) is 10.3. The summed E-state index contributed by atoms with van der Waals surface area (Å²) in [4.78, 5) is 35.2. The molecule has 0 aromatic heterocycles. The molecule has 8 heteroatoms. The van der Waals surface area contributed by atoms with Crippen molar-refractivity contribution in [3.63, 3.8) is 0 Å². The van der Waals surface area contributed by atoms with Gasteiger partial charge >= 0.3 is 5.97 Å². The highest BCUT2D eigenvalue weighted by molar-refractivity contribution is 5.96. The molecule has 0 heterocycles. The quantitative estimate of drug-likeness (QED) is 0.522. The predicted molar refractivity (Wildman–Crippen MR) is 108 cm³/mol. The third kappa shape index (κ3) is 6.69. The van der Waals surface area contributed by atoms with E-state index in [9.17, 15) is 14.4 Å². The molecule has 2 rings (SSSR count). The van der Waals surface area contributed by atoms with Crippen molar-refractivity contribution in [3.05, 3.63) is 59.7 Å². The van der Waals surface area contributed by atoms with Gasteiger partial charge in [-0.05, 0) is 48.0 Å². The molecule has 0 fully saturated rings. The molecule has 2 aromatic carbocycles. The van der Waals surface area contributed by atoms with Gasteiger partial charge < -0.3 is 24.8 Å². The van der Waals surface area contributed by atoms with Crippen LogP contribution in [0.4, 0.5) is 5.69 Å². The summed E-state index contributed by atoms with van der Waals surface area (Å²) < 4.78 is 15.2. The van der Waals surface area contributed by atoms with Crippen molar-refractivity contribution >= 4 is 29.5 Å². The number of nitrogens with one attached hydrogen (secondary N) is 2. The second kappa shape index (κ2) is 10.5. The maximum absolute atomic E-state index is 11.9. The first-order valence-electron chi connectivity index (χ1n) is 8.65. The van der Waals surface area contributed by atoms with Crippen LogP contribution in [0.1, 0.15) is 15.9 Å². The first-order valence-corrected chi connectivity index (χ1v) is 8.65. The van der Waals surface area contributed by atoms with Crippen LogP contribution in [0.15, 0.2) is 48.5 Å². The summed E-state index contributed by atoms with van der Waals surface area (Å²) in [5.74, 6) is -0.227. The molecule has 0 saturated heterocycles. The number of rotatable bonds is 8. The lowest BCUT2D eigenvalue weighted by Crippen LogP contribution is -2.20. The Labute approximate surface area is 168 Å². The van der Waals surface area contributed by atoms with Crippen LogP contribution in [-0.4, -0.2) is 45.7 Å². The number of hydrogen-bond donors (Lipinski definition) is 2. The van der Waals surface area contributed by atoms with Crippen LogP contribution in [0, 0.1) is 0 Å². The Hall–Kier alpha value is -3.81.